The van der Waals surface area contributed by atoms with E-state index in [0.717, 1.165) is 6.07 Å². The van der Waals surface area contributed by atoms with Gasteiger partial charge in [-0.15, -0.1) is 0 Å². The number of fused-ring (bicyclic) bond motifs is 1. The van der Waals surface area contributed by atoms with E-state index in [-0.39, 0.29) is 21.6 Å². The first-order valence-corrected chi connectivity index (χ1v) is 12.4. The number of benzene rings is 2. The zero-order valence-electron chi connectivity index (χ0n) is 17.5. The molecule has 1 aliphatic rings. The standard InChI is InChI=1S/C21H21BrClFN2O5S/c1-21(2,3)31-20(28)25-16-11-32(29,30)18-9-15(24)14(22)8-17(18)26(19(16)27)10-12-4-6-13(23)7-5-12/h4-9,16H,10-11H2,1-3H3,(H,25,28)/t16-/m0/s1. The predicted octanol–water partition coefficient (Wildman–Crippen LogP) is 4.46. The number of halogens is 3. The average Bonchev–Trinajstić information content (AvgIpc) is 2.72. The third-order valence-electron chi connectivity index (χ3n) is 4.52. The molecule has 0 spiro atoms. The number of carbonyl (C=O) groups excluding carboxylic acids is 2. The van der Waals surface area contributed by atoms with Gasteiger partial charge in [-0.1, -0.05) is 23.7 Å². The Kier molecular flexibility index (Phi) is 6.88. The fourth-order valence-electron chi connectivity index (χ4n) is 3.15. The number of hydrogen-bond acceptors (Lipinski definition) is 5. The lowest BCUT2D eigenvalue weighted by Gasteiger charge is -2.27. The molecule has 32 heavy (non-hydrogen) atoms. The fraction of sp³-hybridized carbons (Fsp3) is 0.333. The van der Waals surface area contributed by atoms with Crippen molar-refractivity contribution in [3.63, 3.8) is 0 Å². The molecule has 0 aromatic heterocycles. The Hall–Kier alpha value is -2.17. The van der Waals surface area contributed by atoms with Crippen molar-refractivity contribution < 1.29 is 27.1 Å². The summed E-state index contributed by atoms with van der Waals surface area (Å²) >= 11 is 8.98. The summed E-state index contributed by atoms with van der Waals surface area (Å²) in [5.41, 5.74) is -0.187. The highest BCUT2D eigenvalue weighted by atomic mass is 79.9. The van der Waals surface area contributed by atoms with Crippen LogP contribution in [-0.4, -0.2) is 37.8 Å². The van der Waals surface area contributed by atoms with Crippen LogP contribution >= 0.6 is 27.5 Å². The van der Waals surface area contributed by atoms with Crippen LogP contribution in [0.3, 0.4) is 0 Å². The van der Waals surface area contributed by atoms with Crippen LogP contribution in [0.25, 0.3) is 0 Å². The summed E-state index contributed by atoms with van der Waals surface area (Å²) in [4.78, 5) is 26.6. The normalized spacial score (nSPS) is 18.0. The molecule has 11 heteroatoms. The van der Waals surface area contributed by atoms with E-state index in [2.05, 4.69) is 21.2 Å². The number of hydrogen-bond donors (Lipinski definition) is 1. The van der Waals surface area contributed by atoms with Crippen molar-refractivity contribution in [2.24, 2.45) is 0 Å². The van der Waals surface area contributed by atoms with Crippen LogP contribution in [0.4, 0.5) is 14.9 Å². The van der Waals surface area contributed by atoms with Gasteiger partial charge >= 0.3 is 6.09 Å². The maximum Gasteiger partial charge on any atom is 0.408 e. The molecule has 7 nitrogen and oxygen atoms in total. The molecule has 1 N–H and O–H groups in total. The molecule has 0 radical (unpaired) electrons. The number of carbonyl (C=O) groups is 2. The van der Waals surface area contributed by atoms with Gasteiger partial charge in [0.25, 0.3) is 5.91 Å². The minimum absolute atomic E-state index is 0.00101. The Labute approximate surface area is 198 Å². The molecular formula is C21H21BrClFN2O5S. The molecule has 3 rings (SSSR count). The van der Waals surface area contributed by atoms with Gasteiger partial charge in [0.1, 0.15) is 17.5 Å². The van der Waals surface area contributed by atoms with Crippen molar-refractivity contribution >= 4 is 55.1 Å². The SMILES string of the molecule is CC(C)(C)OC(=O)N[C@H]1CS(=O)(=O)c2cc(F)c(Br)cc2N(Cc2ccc(Cl)cc2)C1=O. The second kappa shape index (κ2) is 8.99. The van der Waals surface area contributed by atoms with Crippen molar-refractivity contribution in [2.45, 2.75) is 43.9 Å². The third kappa shape index (κ3) is 5.60. The summed E-state index contributed by atoms with van der Waals surface area (Å²) in [6.07, 6.45) is -0.934. The first-order chi connectivity index (χ1) is 14.8. The topological polar surface area (TPSA) is 92.8 Å². The van der Waals surface area contributed by atoms with Gasteiger partial charge in [-0.3, -0.25) is 4.79 Å². The van der Waals surface area contributed by atoms with Gasteiger partial charge in [0.05, 0.1) is 27.4 Å². The molecule has 172 valence electrons. The number of nitrogens with one attached hydrogen (secondary N) is 1. The summed E-state index contributed by atoms with van der Waals surface area (Å²) in [5, 5.41) is 2.85. The Morgan fingerprint density at radius 3 is 2.50 bits per heavy atom. The lowest BCUT2D eigenvalue weighted by atomic mass is 10.1. The van der Waals surface area contributed by atoms with E-state index in [1.165, 1.54) is 11.0 Å². The van der Waals surface area contributed by atoms with Crippen molar-refractivity contribution in [1.29, 1.82) is 0 Å². The molecule has 2 amide bonds. The average molecular weight is 548 g/mol. The maximum absolute atomic E-state index is 14.3. The number of anilines is 1. The van der Waals surface area contributed by atoms with Gasteiger partial charge in [-0.25, -0.2) is 17.6 Å². The molecule has 0 unspecified atom stereocenters. The third-order valence-corrected chi connectivity index (χ3v) is 7.15. The van der Waals surface area contributed by atoms with E-state index in [0.29, 0.717) is 10.6 Å². The van der Waals surface area contributed by atoms with E-state index in [1.54, 1.807) is 45.0 Å². The number of nitrogens with zero attached hydrogens (tertiary/aromatic N) is 1. The number of sulfone groups is 1. The highest BCUT2D eigenvalue weighted by molar-refractivity contribution is 9.10. The zero-order valence-corrected chi connectivity index (χ0v) is 20.6. The van der Waals surface area contributed by atoms with Crippen LogP contribution in [0.2, 0.25) is 5.02 Å². The number of rotatable bonds is 3. The molecule has 2 aromatic rings. The predicted molar refractivity (Wildman–Crippen MR) is 122 cm³/mol. The van der Waals surface area contributed by atoms with Crippen LogP contribution in [-0.2, 0) is 25.9 Å². The Balaban J connectivity index is 2.08. The molecule has 0 fully saturated rings. The first-order valence-electron chi connectivity index (χ1n) is 9.54. The van der Waals surface area contributed by atoms with Crippen molar-refractivity contribution in [1.82, 2.24) is 5.32 Å². The van der Waals surface area contributed by atoms with Gasteiger partial charge in [0.15, 0.2) is 9.84 Å². The Morgan fingerprint density at radius 2 is 1.91 bits per heavy atom. The van der Waals surface area contributed by atoms with Gasteiger partial charge in [-0.05, 0) is 66.5 Å². The molecule has 0 saturated heterocycles. The number of ether oxygens (including phenoxy) is 1. The van der Waals surface area contributed by atoms with Crippen LogP contribution in [0.5, 0.6) is 0 Å². The monoisotopic (exact) mass is 546 g/mol. The van der Waals surface area contributed by atoms with E-state index < -0.39 is 45.1 Å². The molecule has 1 atom stereocenters. The lowest BCUT2D eigenvalue weighted by molar-refractivity contribution is -0.120. The lowest BCUT2D eigenvalue weighted by Crippen LogP contribution is -2.51. The van der Waals surface area contributed by atoms with E-state index in [4.69, 9.17) is 16.3 Å². The molecule has 2 aromatic carbocycles. The largest absolute Gasteiger partial charge is 0.444 e. The van der Waals surface area contributed by atoms with Gasteiger partial charge < -0.3 is 15.0 Å². The molecule has 0 aliphatic carbocycles. The molecule has 1 heterocycles. The second-order valence-electron chi connectivity index (χ2n) is 8.27. The number of alkyl carbamates (subject to hydrolysis) is 1. The fourth-order valence-corrected chi connectivity index (χ4v) is 5.23. The molecule has 1 aliphatic heterocycles. The van der Waals surface area contributed by atoms with Crippen molar-refractivity contribution in [3.8, 4) is 0 Å². The quantitative estimate of drug-likeness (QED) is 0.613. The highest BCUT2D eigenvalue weighted by Gasteiger charge is 2.40. The summed E-state index contributed by atoms with van der Waals surface area (Å²) in [7, 11) is -4.14. The van der Waals surface area contributed by atoms with Gasteiger partial charge in [0, 0.05) is 5.02 Å². The summed E-state index contributed by atoms with van der Waals surface area (Å²) in [6, 6.07) is 7.31. The maximum atomic E-state index is 14.3. The highest BCUT2D eigenvalue weighted by Crippen LogP contribution is 2.35. The zero-order chi connectivity index (χ0) is 23.8. The van der Waals surface area contributed by atoms with Gasteiger partial charge in [0.2, 0.25) is 0 Å². The minimum atomic E-state index is -4.14. The Bertz CT molecular complexity index is 1170. The smallest absolute Gasteiger partial charge is 0.408 e. The van der Waals surface area contributed by atoms with Crippen molar-refractivity contribution in [3.05, 3.63) is 57.3 Å². The number of amides is 2. The summed E-state index contributed by atoms with van der Waals surface area (Å²) in [6.45, 7) is 4.90. The van der Waals surface area contributed by atoms with Gasteiger partial charge in [-0.2, -0.15) is 0 Å². The Morgan fingerprint density at radius 1 is 1.28 bits per heavy atom. The molecule has 0 saturated carbocycles. The summed E-state index contributed by atoms with van der Waals surface area (Å²) < 4.78 is 45.5. The minimum Gasteiger partial charge on any atom is -0.444 e. The second-order valence-corrected chi connectivity index (χ2v) is 11.6. The summed E-state index contributed by atoms with van der Waals surface area (Å²) in [5.74, 6) is -2.20. The van der Waals surface area contributed by atoms with Crippen LogP contribution in [0.1, 0.15) is 26.3 Å². The molecule has 0 bridgehead atoms. The molecular weight excluding hydrogens is 527 g/mol. The van der Waals surface area contributed by atoms with Crippen molar-refractivity contribution in [2.75, 3.05) is 10.7 Å². The van der Waals surface area contributed by atoms with Crippen LogP contribution < -0.4 is 10.2 Å². The van der Waals surface area contributed by atoms with E-state index >= 15 is 0 Å². The first kappa shape index (κ1) is 24.5. The van der Waals surface area contributed by atoms with Crippen LogP contribution in [0, 0.1) is 5.82 Å². The van der Waals surface area contributed by atoms with Crippen LogP contribution in [0.15, 0.2) is 45.8 Å². The van der Waals surface area contributed by atoms with E-state index in [9.17, 15) is 22.4 Å². The van der Waals surface area contributed by atoms with E-state index in [1.807, 2.05) is 0 Å².